The molecule has 0 aliphatic heterocycles. The Morgan fingerprint density at radius 2 is 1.90 bits per heavy atom. The summed E-state index contributed by atoms with van der Waals surface area (Å²) in [6.07, 6.45) is 0.744. The fourth-order valence-corrected chi connectivity index (χ4v) is 2.07. The number of carbonyl (C=O) groups is 1. The first-order chi connectivity index (χ1) is 9.81. The van der Waals surface area contributed by atoms with E-state index < -0.39 is 6.04 Å². The topological polar surface area (TPSA) is 73.6 Å². The van der Waals surface area contributed by atoms with E-state index in [-0.39, 0.29) is 12.1 Å². The number of hydrogen-bond acceptors (Lipinski definition) is 5. The van der Waals surface area contributed by atoms with Gasteiger partial charge in [-0.15, -0.1) is 0 Å². The molecule has 1 rings (SSSR count). The Balaban J connectivity index is 2.92. The predicted octanol–water partition coefficient (Wildman–Crippen LogP) is 3.06. The van der Waals surface area contributed by atoms with Gasteiger partial charge in [0, 0.05) is 23.5 Å². The van der Waals surface area contributed by atoms with Crippen LogP contribution in [0.15, 0.2) is 18.2 Å². The van der Waals surface area contributed by atoms with Crippen molar-refractivity contribution >= 4 is 17.3 Å². The van der Waals surface area contributed by atoms with Crippen LogP contribution in [0.1, 0.15) is 34.1 Å². The van der Waals surface area contributed by atoms with Crippen molar-refractivity contribution < 1.29 is 14.3 Å². The van der Waals surface area contributed by atoms with Crippen LogP contribution in [0.2, 0.25) is 0 Å². The lowest BCUT2D eigenvalue weighted by atomic mass is 10.0. The van der Waals surface area contributed by atoms with Crippen LogP contribution in [-0.2, 0) is 9.53 Å². The number of methoxy groups -OCH3 is 1. The second-order valence-corrected chi connectivity index (χ2v) is 5.81. The smallest absolute Gasteiger partial charge is 0.328 e. The lowest BCUT2D eigenvalue weighted by Gasteiger charge is -2.20. The highest BCUT2D eigenvalue weighted by molar-refractivity contribution is 5.79. The third-order valence-corrected chi connectivity index (χ3v) is 2.83. The third kappa shape index (κ3) is 5.94. The summed E-state index contributed by atoms with van der Waals surface area (Å²) in [5.41, 5.74) is 7.22. The Morgan fingerprint density at radius 3 is 2.43 bits per heavy atom. The van der Waals surface area contributed by atoms with Crippen molar-refractivity contribution in [3.63, 3.8) is 0 Å². The standard InChI is InChI=1S/C16H26N2O3/c1-10(2)6-15(16(19)20-5)18-13-7-12(17)8-14(9-13)21-11(3)4/h7-11,15,18H,6,17H2,1-5H3. The molecule has 5 nitrogen and oxygen atoms in total. The van der Waals surface area contributed by atoms with Gasteiger partial charge >= 0.3 is 5.97 Å². The average Bonchev–Trinajstić information content (AvgIpc) is 2.34. The number of nitrogen functional groups attached to an aromatic ring is 1. The molecule has 0 bridgehead atoms. The maximum absolute atomic E-state index is 11.9. The van der Waals surface area contributed by atoms with E-state index in [0.717, 1.165) is 5.69 Å². The van der Waals surface area contributed by atoms with Gasteiger partial charge in [-0.1, -0.05) is 13.8 Å². The van der Waals surface area contributed by atoms with Crippen molar-refractivity contribution in [2.45, 2.75) is 46.3 Å². The minimum atomic E-state index is -0.399. The zero-order chi connectivity index (χ0) is 16.0. The Morgan fingerprint density at radius 1 is 1.24 bits per heavy atom. The highest BCUT2D eigenvalue weighted by atomic mass is 16.5. The van der Waals surface area contributed by atoms with Gasteiger partial charge in [0.1, 0.15) is 11.8 Å². The molecule has 0 saturated heterocycles. The molecule has 1 unspecified atom stereocenters. The van der Waals surface area contributed by atoms with Gasteiger partial charge < -0.3 is 20.5 Å². The minimum absolute atomic E-state index is 0.0618. The highest BCUT2D eigenvalue weighted by Crippen LogP contribution is 2.25. The van der Waals surface area contributed by atoms with Crippen molar-refractivity contribution in [1.29, 1.82) is 0 Å². The van der Waals surface area contributed by atoms with Crippen LogP contribution >= 0.6 is 0 Å². The number of carbonyl (C=O) groups excluding carboxylic acids is 1. The number of hydrogen-bond donors (Lipinski definition) is 2. The number of ether oxygens (including phenoxy) is 2. The fraction of sp³-hybridized carbons (Fsp3) is 0.562. The van der Waals surface area contributed by atoms with Crippen LogP contribution < -0.4 is 15.8 Å². The first-order valence-electron chi connectivity index (χ1n) is 7.23. The number of rotatable bonds is 7. The molecule has 0 aromatic heterocycles. The molecule has 0 aliphatic rings. The third-order valence-electron chi connectivity index (χ3n) is 2.83. The molecule has 21 heavy (non-hydrogen) atoms. The summed E-state index contributed by atoms with van der Waals surface area (Å²) < 4.78 is 10.5. The van der Waals surface area contributed by atoms with Crippen molar-refractivity contribution in [2.24, 2.45) is 5.92 Å². The van der Waals surface area contributed by atoms with Crippen molar-refractivity contribution in [1.82, 2.24) is 0 Å². The molecule has 5 heteroatoms. The van der Waals surface area contributed by atoms with E-state index in [9.17, 15) is 4.79 Å². The molecule has 1 atom stereocenters. The molecule has 0 aliphatic carbocycles. The molecular formula is C16H26N2O3. The van der Waals surface area contributed by atoms with Gasteiger partial charge in [-0.05, 0) is 32.3 Å². The van der Waals surface area contributed by atoms with E-state index in [1.54, 1.807) is 12.1 Å². The number of benzene rings is 1. The Labute approximate surface area is 126 Å². The predicted molar refractivity (Wildman–Crippen MR) is 85.5 cm³/mol. The molecule has 0 saturated carbocycles. The summed E-state index contributed by atoms with van der Waals surface area (Å²) in [5.74, 6) is 0.771. The molecule has 1 aromatic carbocycles. The number of anilines is 2. The number of esters is 1. The van der Waals surface area contributed by atoms with Gasteiger partial charge in [0.05, 0.1) is 13.2 Å². The second-order valence-electron chi connectivity index (χ2n) is 5.81. The lowest BCUT2D eigenvalue weighted by molar-refractivity contribution is -0.141. The van der Waals surface area contributed by atoms with Crippen molar-refractivity contribution in [3.05, 3.63) is 18.2 Å². The summed E-state index contributed by atoms with van der Waals surface area (Å²) in [6.45, 7) is 8.02. The molecule has 3 N–H and O–H groups in total. The van der Waals surface area contributed by atoms with Crippen molar-refractivity contribution in [2.75, 3.05) is 18.2 Å². The van der Waals surface area contributed by atoms with E-state index in [2.05, 4.69) is 19.2 Å². The van der Waals surface area contributed by atoms with E-state index in [1.165, 1.54) is 7.11 Å². The van der Waals surface area contributed by atoms with Crippen LogP contribution in [0, 0.1) is 5.92 Å². The van der Waals surface area contributed by atoms with Crippen LogP contribution in [0.25, 0.3) is 0 Å². The van der Waals surface area contributed by atoms with Gasteiger partial charge in [0.2, 0.25) is 0 Å². The van der Waals surface area contributed by atoms with Crippen LogP contribution in [0.5, 0.6) is 5.75 Å². The first kappa shape index (κ1) is 17.1. The van der Waals surface area contributed by atoms with Gasteiger partial charge in [-0.2, -0.15) is 0 Å². The summed E-state index contributed by atoms with van der Waals surface area (Å²) in [6, 6.07) is 4.99. The minimum Gasteiger partial charge on any atom is -0.491 e. The SMILES string of the molecule is COC(=O)C(CC(C)C)Nc1cc(N)cc(OC(C)C)c1. The maximum Gasteiger partial charge on any atom is 0.328 e. The van der Waals surface area contributed by atoms with E-state index in [4.69, 9.17) is 15.2 Å². The number of nitrogens with one attached hydrogen (secondary N) is 1. The van der Waals surface area contributed by atoms with E-state index >= 15 is 0 Å². The second kappa shape index (κ2) is 7.76. The van der Waals surface area contributed by atoms with E-state index in [1.807, 2.05) is 19.9 Å². The van der Waals surface area contributed by atoms with Crippen LogP contribution in [0.3, 0.4) is 0 Å². The zero-order valence-electron chi connectivity index (χ0n) is 13.5. The largest absolute Gasteiger partial charge is 0.491 e. The fourth-order valence-electron chi connectivity index (χ4n) is 2.07. The van der Waals surface area contributed by atoms with Gasteiger partial charge in [-0.25, -0.2) is 4.79 Å². The molecule has 0 spiro atoms. The summed E-state index contributed by atoms with van der Waals surface area (Å²) in [7, 11) is 1.39. The molecule has 1 aromatic rings. The van der Waals surface area contributed by atoms with Gasteiger partial charge in [0.15, 0.2) is 0 Å². The molecule has 0 heterocycles. The molecule has 0 fully saturated rings. The van der Waals surface area contributed by atoms with Crippen LogP contribution in [0.4, 0.5) is 11.4 Å². The normalized spacial score (nSPS) is 12.3. The highest BCUT2D eigenvalue weighted by Gasteiger charge is 2.20. The monoisotopic (exact) mass is 294 g/mol. The Bertz CT molecular complexity index is 473. The summed E-state index contributed by atoms with van der Waals surface area (Å²) >= 11 is 0. The summed E-state index contributed by atoms with van der Waals surface area (Å²) in [5, 5.41) is 3.18. The van der Waals surface area contributed by atoms with Gasteiger partial charge in [-0.3, -0.25) is 0 Å². The molecular weight excluding hydrogens is 268 g/mol. The molecule has 0 radical (unpaired) electrons. The van der Waals surface area contributed by atoms with Crippen molar-refractivity contribution in [3.8, 4) is 5.75 Å². The maximum atomic E-state index is 11.9. The van der Waals surface area contributed by atoms with E-state index in [0.29, 0.717) is 23.8 Å². The molecule has 118 valence electrons. The number of nitrogens with two attached hydrogens (primary N) is 1. The Kier molecular flexibility index (Phi) is 6.34. The first-order valence-corrected chi connectivity index (χ1v) is 7.23. The van der Waals surface area contributed by atoms with Gasteiger partial charge in [0.25, 0.3) is 0 Å². The quantitative estimate of drug-likeness (QED) is 0.597. The lowest BCUT2D eigenvalue weighted by Crippen LogP contribution is -2.32. The average molecular weight is 294 g/mol. The Hall–Kier alpha value is -1.91. The summed E-state index contributed by atoms with van der Waals surface area (Å²) in [4.78, 5) is 11.9. The zero-order valence-corrected chi connectivity index (χ0v) is 13.5. The molecule has 0 amide bonds. The van der Waals surface area contributed by atoms with Crippen LogP contribution in [-0.4, -0.2) is 25.2 Å².